The molecule has 1 saturated heterocycles. The lowest BCUT2D eigenvalue weighted by molar-refractivity contribution is 0.0322. The van der Waals surface area contributed by atoms with Crippen molar-refractivity contribution in [3.8, 4) is 17.1 Å². The van der Waals surface area contributed by atoms with Gasteiger partial charge in [0, 0.05) is 48.3 Å². The third-order valence-corrected chi connectivity index (χ3v) is 9.41. The van der Waals surface area contributed by atoms with E-state index in [2.05, 4.69) is 32.1 Å². The Bertz CT molecular complexity index is 1770. The maximum absolute atomic E-state index is 12.8. The smallest absolute Gasteiger partial charge is 0.255 e. The van der Waals surface area contributed by atoms with Gasteiger partial charge in [0.25, 0.3) is 5.91 Å². The molecule has 2 fully saturated rings. The van der Waals surface area contributed by atoms with Crippen molar-refractivity contribution in [1.82, 2.24) is 19.3 Å². The van der Waals surface area contributed by atoms with Crippen molar-refractivity contribution in [2.45, 2.75) is 25.2 Å². The molecule has 2 aliphatic rings. The number of thiazole rings is 1. The molecule has 3 aromatic heterocycles. The van der Waals surface area contributed by atoms with Crippen LogP contribution < -0.4 is 15.8 Å². The Hall–Kier alpha value is -4.25. The number of hydrogen-bond donors (Lipinski definition) is 2. The number of nitrogen functional groups attached to an aromatic ring is 1. The van der Waals surface area contributed by atoms with Gasteiger partial charge in [0.15, 0.2) is 0 Å². The van der Waals surface area contributed by atoms with Gasteiger partial charge in [-0.05, 0) is 55.7 Å². The van der Waals surface area contributed by atoms with E-state index < -0.39 is 0 Å². The minimum atomic E-state index is -0.181. The minimum Gasteiger partial charge on any atom is -0.492 e. The fourth-order valence-electron chi connectivity index (χ4n) is 5.76. The molecule has 9 nitrogen and oxygen atoms in total. The van der Waals surface area contributed by atoms with Crippen LogP contribution in [0.4, 0.5) is 11.4 Å². The zero-order chi connectivity index (χ0) is 29.4. The van der Waals surface area contributed by atoms with Crippen LogP contribution in [0, 0.1) is 6.92 Å². The second-order valence-corrected chi connectivity index (χ2v) is 12.0. The van der Waals surface area contributed by atoms with E-state index in [1.807, 2.05) is 49.5 Å². The number of ether oxygens (including phenoxy) is 2. The second-order valence-electron chi connectivity index (χ2n) is 11.2. The van der Waals surface area contributed by atoms with Crippen LogP contribution in [-0.2, 0) is 10.2 Å². The first-order chi connectivity index (χ1) is 21.0. The molecule has 0 bridgehead atoms. The number of benzene rings is 2. The Morgan fingerprint density at radius 2 is 1.88 bits per heavy atom. The van der Waals surface area contributed by atoms with Gasteiger partial charge < -0.3 is 20.5 Å². The first-order valence-electron chi connectivity index (χ1n) is 14.6. The number of amides is 1. The highest BCUT2D eigenvalue weighted by molar-refractivity contribution is 7.10. The fourth-order valence-corrected chi connectivity index (χ4v) is 6.84. The Morgan fingerprint density at radius 3 is 2.65 bits per heavy atom. The molecule has 1 aliphatic carbocycles. The summed E-state index contributed by atoms with van der Waals surface area (Å²) in [5, 5.41) is 6.12. The highest BCUT2D eigenvalue weighted by Crippen LogP contribution is 2.54. The van der Waals surface area contributed by atoms with Crippen molar-refractivity contribution in [3.05, 3.63) is 94.1 Å². The van der Waals surface area contributed by atoms with Crippen molar-refractivity contribution in [3.63, 3.8) is 0 Å². The summed E-state index contributed by atoms with van der Waals surface area (Å²) in [5.41, 5.74) is 12.5. The number of aromatic nitrogens is 3. The number of nitrogens with zero attached hydrogens (tertiary/aromatic N) is 4. The summed E-state index contributed by atoms with van der Waals surface area (Å²) in [6.07, 6.45) is 4.08. The molecule has 1 saturated carbocycles. The lowest BCUT2D eigenvalue weighted by Crippen LogP contribution is -2.38. The fraction of sp³-hybridized carbons (Fsp3) is 0.303. The van der Waals surface area contributed by atoms with E-state index in [-0.39, 0.29) is 11.3 Å². The monoisotopic (exact) mass is 594 g/mol. The topological polar surface area (TPSA) is 107 Å². The molecule has 0 radical (unpaired) electrons. The summed E-state index contributed by atoms with van der Waals surface area (Å²) in [5.74, 6) is 0.636. The van der Waals surface area contributed by atoms with Crippen LogP contribution in [0.3, 0.4) is 0 Å². The number of para-hydroxylation sites is 2. The van der Waals surface area contributed by atoms with E-state index in [1.165, 1.54) is 5.56 Å². The average Bonchev–Trinajstić information content (AvgIpc) is 3.57. The number of nitrogens with two attached hydrogens (primary N) is 1. The molecule has 220 valence electrons. The van der Waals surface area contributed by atoms with Gasteiger partial charge in [-0.15, -0.1) is 11.3 Å². The number of pyridine rings is 1. The van der Waals surface area contributed by atoms with Crippen LogP contribution in [0.25, 0.3) is 17.0 Å². The van der Waals surface area contributed by atoms with Crippen molar-refractivity contribution in [1.29, 1.82) is 0 Å². The van der Waals surface area contributed by atoms with Crippen LogP contribution in [0.5, 0.6) is 5.75 Å². The number of hydrogen-bond acceptors (Lipinski definition) is 8. The third-order valence-electron chi connectivity index (χ3n) is 8.37. The molecule has 0 unspecified atom stereocenters. The molecule has 0 atom stereocenters. The van der Waals surface area contributed by atoms with Gasteiger partial charge >= 0.3 is 0 Å². The predicted molar refractivity (Wildman–Crippen MR) is 169 cm³/mol. The van der Waals surface area contributed by atoms with E-state index in [9.17, 15) is 4.79 Å². The first kappa shape index (κ1) is 27.6. The van der Waals surface area contributed by atoms with Crippen LogP contribution in [0.2, 0.25) is 0 Å². The standard InChI is InChI=1S/C33H34N6O3S/c1-22-30(39-13-10-25(20-29(39)35-22)42-19-16-38-14-17-41-18-15-38)28-21-43-32(37-28)33(11-12-33)24-8-6-23(7-9-24)31(40)36-27-5-3-2-4-26(27)34/h2-10,13,20-21H,11-12,14-19,34H2,1H3,(H,36,40). The summed E-state index contributed by atoms with van der Waals surface area (Å²) >= 11 is 1.69. The zero-order valence-electron chi connectivity index (χ0n) is 24.1. The summed E-state index contributed by atoms with van der Waals surface area (Å²) < 4.78 is 13.6. The molecule has 1 amide bonds. The normalized spacial score (nSPS) is 16.3. The quantitative estimate of drug-likeness (QED) is 0.220. The molecule has 5 aromatic rings. The molecule has 3 N–H and O–H groups in total. The number of imidazole rings is 1. The largest absolute Gasteiger partial charge is 0.492 e. The summed E-state index contributed by atoms with van der Waals surface area (Å²) in [6.45, 7) is 7.03. The van der Waals surface area contributed by atoms with Crippen molar-refractivity contribution in [2.24, 2.45) is 0 Å². The van der Waals surface area contributed by atoms with Gasteiger partial charge in [0.05, 0.1) is 36.0 Å². The number of anilines is 2. The predicted octanol–water partition coefficient (Wildman–Crippen LogP) is 5.39. The average molecular weight is 595 g/mol. The Labute approximate surface area is 254 Å². The molecule has 2 aromatic carbocycles. The maximum Gasteiger partial charge on any atom is 0.255 e. The summed E-state index contributed by atoms with van der Waals surface area (Å²) in [7, 11) is 0. The number of carbonyl (C=O) groups is 1. The molecule has 43 heavy (non-hydrogen) atoms. The maximum atomic E-state index is 12.8. The number of nitrogens with one attached hydrogen (secondary N) is 1. The summed E-state index contributed by atoms with van der Waals surface area (Å²) in [6, 6.07) is 19.1. The van der Waals surface area contributed by atoms with Crippen LogP contribution in [0.1, 0.15) is 39.5 Å². The number of carbonyl (C=O) groups excluding carboxylic acids is 1. The van der Waals surface area contributed by atoms with Crippen LogP contribution in [-0.4, -0.2) is 64.6 Å². The molecular weight excluding hydrogens is 560 g/mol. The molecule has 10 heteroatoms. The van der Waals surface area contributed by atoms with Crippen molar-refractivity contribution < 1.29 is 14.3 Å². The van der Waals surface area contributed by atoms with Gasteiger partial charge in [-0.1, -0.05) is 24.3 Å². The number of fused-ring (bicyclic) bond motifs is 1. The van der Waals surface area contributed by atoms with Gasteiger partial charge in [-0.25, -0.2) is 9.97 Å². The third kappa shape index (κ3) is 5.49. The number of aryl methyl sites for hydroxylation is 1. The van der Waals surface area contributed by atoms with Crippen LogP contribution in [0.15, 0.2) is 72.2 Å². The molecule has 7 rings (SSSR count). The van der Waals surface area contributed by atoms with E-state index >= 15 is 0 Å². The van der Waals surface area contributed by atoms with Gasteiger partial charge in [0.1, 0.15) is 28.7 Å². The Kier molecular flexibility index (Phi) is 7.34. The zero-order valence-corrected chi connectivity index (χ0v) is 24.9. The van der Waals surface area contributed by atoms with E-state index in [0.717, 1.165) is 79.2 Å². The van der Waals surface area contributed by atoms with Crippen molar-refractivity contribution in [2.75, 3.05) is 50.5 Å². The molecule has 0 spiro atoms. The van der Waals surface area contributed by atoms with Crippen LogP contribution >= 0.6 is 11.3 Å². The number of rotatable bonds is 9. The second kappa shape index (κ2) is 11.4. The Balaban J connectivity index is 1.06. The highest BCUT2D eigenvalue weighted by Gasteiger charge is 2.48. The van der Waals surface area contributed by atoms with E-state index in [1.54, 1.807) is 23.5 Å². The molecule has 4 heterocycles. The lowest BCUT2D eigenvalue weighted by atomic mass is 9.95. The van der Waals surface area contributed by atoms with Gasteiger partial charge in [-0.3, -0.25) is 14.1 Å². The van der Waals surface area contributed by atoms with Gasteiger partial charge in [-0.2, -0.15) is 0 Å². The molecular formula is C33H34N6O3S. The number of morpholine rings is 1. The first-order valence-corrected chi connectivity index (χ1v) is 15.5. The Morgan fingerprint density at radius 1 is 1.09 bits per heavy atom. The van der Waals surface area contributed by atoms with E-state index in [0.29, 0.717) is 23.5 Å². The van der Waals surface area contributed by atoms with Gasteiger partial charge in [0.2, 0.25) is 0 Å². The van der Waals surface area contributed by atoms with E-state index in [4.69, 9.17) is 25.2 Å². The lowest BCUT2D eigenvalue weighted by Gasteiger charge is -2.26. The highest BCUT2D eigenvalue weighted by atomic mass is 32.1. The summed E-state index contributed by atoms with van der Waals surface area (Å²) in [4.78, 5) is 25.2. The van der Waals surface area contributed by atoms with Crippen molar-refractivity contribution >= 4 is 34.3 Å². The molecule has 1 aliphatic heterocycles. The minimum absolute atomic E-state index is 0.113. The SMILES string of the molecule is Cc1nc2cc(OCCN3CCOCC3)ccn2c1-c1csc(C2(c3ccc(C(=O)Nc4ccccc4N)cc3)CC2)n1.